The molecule has 0 aliphatic rings. The average Bonchev–Trinajstić information content (AvgIpc) is 2.41. The predicted molar refractivity (Wildman–Crippen MR) is 88.6 cm³/mol. The van der Waals surface area contributed by atoms with Gasteiger partial charge in [-0.05, 0) is 29.5 Å². The number of rotatable bonds is 9. The number of hydrogen-bond acceptors (Lipinski definition) is 1. The van der Waals surface area contributed by atoms with E-state index in [1.807, 2.05) is 0 Å². The van der Waals surface area contributed by atoms with Crippen molar-refractivity contribution in [3.8, 4) is 5.75 Å². The second kappa shape index (κ2) is 9.05. The smallest absolute Gasteiger partial charge is 0.119 e. The third-order valence-electron chi connectivity index (χ3n) is 3.74. The van der Waals surface area contributed by atoms with Crippen LogP contribution in [0.1, 0.15) is 78.2 Å². The van der Waals surface area contributed by atoms with Crippen LogP contribution in [0.4, 0.5) is 0 Å². The highest BCUT2D eigenvalue weighted by molar-refractivity contribution is 5.31. The first-order valence-corrected chi connectivity index (χ1v) is 8.27. The molecule has 1 rings (SSSR count). The zero-order chi connectivity index (χ0) is 14.8. The van der Waals surface area contributed by atoms with Gasteiger partial charge in [0.1, 0.15) is 5.75 Å². The van der Waals surface area contributed by atoms with Gasteiger partial charge in [0.15, 0.2) is 0 Å². The molecule has 1 aromatic carbocycles. The topological polar surface area (TPSA) is 9.23 Å². The molecule has 0 aliphatic carbocycles. The molecule has 1 heteroatoms. The van der Waals surface area contributed by atoms with Crippen LogP contribution >= 0.6 is 0 Å². The van der Waals surface area contributed by atoms with Gasteiger partial charge in [0, 0.05) is 0 Å². The second-order valence-corrected chi connectivity index (χ2v) is 6.74. The maximum absolute atomic E-state index is 5.80. The zero-order valence-electron chi connectivity index (χ0n) is 13.9. The lowest BCUT2D eigenvalue weighted by Gasteiger charge is -2.19. The predicted octanol–water partition coefficient (Wildman–Crippen LogP) is 6.11. The summed E-state index contributed by atoms with van der Waals surface area (Å²) in [6.07, 6.45) is 9.31. The molecule has 0 unspecified atom stereocenters. The lowest BCUT2D eigenvalue weighted by Crippen LogP contribution is -2.10. The first-order chi connectivity index (χ1) is 9.54. The van der Waals surface area contributed by atoms with Crippen molar-refractivity contribution in [2.75, 3.05) is 6.61 Å². The number of benzene rings is 1. The second-order valence-electron chi connectivity index (χ2n) is 6.74. The van der Waals surface area contributed by atoms with Crippen molar-refractivity contribution >= 4 is 0 Å². The van der Waals surface area contributed by atoms with E-state index in [4.69, 9.17) is 4.74 Å². The van der Waals surface area contributed by atoms with Crippen LogP contribution < -0.4 is 4.74 Å². The monoisotopic (exact) mass is 276 g/mol. The van der Waals surface area contributed by atoms with Gasteiger partial charge in [-0.2, -0.15) is 0 Å². The first kappa shape index (κ1) is 17.1. The molecule has 0 saturated carbocycles. The van der Waals surface area contributed by atoms with E-state index < -0.39 is 0 Å². The number of unbranched alkanes of at least 4 members (excludes halogenated alkanes) is 6. The van der Waals surface area contributed by atoms with E-state index in [9.17, 15) is 0 Å². The first-order valence-electron chi connectivity index (χ1n) is 8.27. The molecule has 0 fully saturated rings. The van der Waals surface area contributed by atoms with E-state index in [0.717, 1.165) is 12.4 Å². The Morgan fingerprint density at radius 1 is 0.800 bits per heavy atom. The fourth-order valence-corrected chi connectivity index (χ4v) is 2.30. The highest BCUT2D eigenvalue weighted by Crippen LogP contribution is 2.24. The van der Waals surface area contributed by atoms with E-state index in [2.05, 4.69) is 52.0 Å². The molecule has 0 bridgehead atoms. The van der Waals surface area contributed by atoms with Crippen molar-refractivity contribution in [2.24, 2.45) is 0 Å². The van der Waals surface area contributed by atoms with Crippen LogP contribution in [0.15, 0.2) is 24.3 Å². The summed E-state index contributed by atoms with van der Waals surface area (Å²) < 4.78 is 5.80. The van der Waals surface area contributed by atoms with Gasteiger partial charge in [0.05, 0.1) is 6.61 Å². The minimum Gasteiger partial charge on any atom is -0.494 e. The Kier molecular flexibility index (Phi) is 7.72. The lowest BCUT2D eigenvalue weighted by molar-refractivity contribution is 0.304. The molecule has 0 radical (unpaired) electrons. The summed E-state index contributed by atoms with van der Waals surface area (Å²) in [5.74, 6) is 1.00. The van der Waals surface area contributed by atoms with Crippen molar-refractivity contribution in [3.05, 3.63) is 29.8 Å². The van der Waals surface area contributed by atoms with Crippen LogP contribution in [0, 0.1) is 0 Å². The van der Waals surface area contributed by atoms with Gasteiger partial charge >= 0.3 is 0 Å². The van der Waals surface area contributed by atoms with Gasteiger partial charge in [0.25, 0.3) is 0 Å². The Bertz CT molecular complexity index is 345. The zero-order valence-corrected chi connectivity index (χ0v) is 13.9. The third-order valence-corrected chi connectivity index (χ3v) is 3.74. The quantitative estimate of drug-likeness (QED) is 0.494. The molecule has 0 heterocycles. The summed E-state index contributed by atoms with van der Waals surface area (Å²) in [6, 6.07) is 8.56. The van der Waals surface area contributed by atoms with E-state index >= 15 is 0 Å². The van der Waals surface area contributed by atoms with Gasteiger partial charge in [0.2, 0.25) is 0 Å². The molecule has 0 spiro atoms. The van der Waals surface area contributed by atoms with Crippen molar-refractivity contribution in [1.29, 1.82) is 0 Å². The van der Waals surface area contributed by atoms with Crippen LogP contribution in [-0.4, -0.2) is 6.61 Å². The standard InChI is InChI=1S/C19H32O/c1-5-6-7-8-9-10-11-16-20-18-14-12-17(13-15-18)19(2,3)4/h12-15H,5-11,16H2,1-4H3. The summed E-state index contributed by atoms with van der Waals surface area (Å²) in [7, 11) is 0. The number of ether oxygens (including phenoxy) is 1. The normalized spacial score (nSPS) is 11.6. The van der Waals surface area contributed by atoms with Crippen LogP contribution in [0.3, 0.4) is 0 Å². The molecule has 20 heavy (non-hydrogen) atoms. The highest BCUT2D eigenvalue weighted by atomic mass is 16.5. The molecule has 0 aromatic heterocycles. The van der Waals surface area contributed by atoms with Gasteiger partial charge in [-0.15, -0.1) is 0 Å². The minimum absolute atomic E-state index is 0.219. The summed E-state index contributed by atoms with van der Waals surface area (Å²) >= 11 is 0. The summed E-state index contributed by atoms with van der Waals surface area (Å²) in [5.41, 5.74) is 1.58. The largest absolute Gasteiger partial charge is 0.494 e. The van der Waals surface area contributed by atoms with Crippen LogP contribution in [-0.2, 0) is 5.41 Å². The van der Waals surface area contributed by atoms with Gasteiger partial charge in [-0.25, -0.2) is 0 Å². The molecule has 0 atom stereocenters. The van der Waals surface area contributed by atoms with Crippen molar-refractivity contribution in [3.63, 3.8) is 0 Å². The van der Waals surface area contributed by atoms with Crippen molar-refractivity contribution in [2.45, 2.75) is 78.1 Å². The highest BCUT2D eigenvalue weighted by Gasteiger charge is 2.12. The van der Waals surface area contributed by atoms with Gasteiger partial charge in [-0.3, -0.25) is 0 Å². The maximum atomic E-state index is 5.80. The fraction of sp³-hybridized carbons (Fsp3) is 0.684. The lowest BCUT2D eigenvalue weighted by atomic mass is 9.87. The van der Waals surface area contributed by atoms with Crippen LogP contribution in [0.5, 0.6) is 5.75 Å². The Morgan fingerprint density at radius 2 is 1.35 bits per heavy atom. The molecule has 0 amide bonds. The van der Waals surface area contributed by atoms with E-state index in [1.165, 1.54) is 50.5 Å². The SMILES string of the molecule is CCCCCCCCCOc1ccc(C(C)(C)C)cc1. The van der Waals surface area contributed by atoms with E-state index in [-0.39, 0.29) is 5.41 Å². The molecule has 0 aliphatic heterocycles. The summed E-state index contributed by atoms with van der Waals surface area (Å²) in [4.78, 5) is 0. The Hall–Kier alpha value is -0.980. The minimum atomic E-state index is 0.219. The van der Waals surface area contributed by atoms with E-state index in [1.54, 1.807) is 0 Å². The Labute approximate surface area is 125 Å². The Balaban J connectivity index is 2.13. The Morgan fingerprint density at radius 3 is 1.90 bits per heavy atom. The van der Waals surface area contributed by atoms with Crippen molar-refractivity contribution in [1.82, 2.24) is 0 Å². The molecular formula is C19H32O. The van der Waals surface area contributed by atoms with E-state index in [0.29, 0.717) is 0 Å². The summed E-state index contributed by atoms with van der Waals surface area (Å²) in [5, 5.41) is 0. The molecular weight excluding hydrogens is 244 g/mol. The molecule has 114 valence electrons. The van der Waals surface area contributed by atoms with Gasteiger partial charge < -0.3 is 4.74 Å². The van der Waals surface area contributed by atoms with Crippen molar-refractivity contribution < 1.29 is 4.74 Å². The molecule has 0 N–H and O–H groups in total. The van der Waals surface area contributed by atoms with Crippen LogP contribution in [0.2, 0.25) is 0 Å². The van der Waals surface area contributed by atoms with Crippen LogP contribution in [0.25, 0.3) is 0 Å². The molecule has 0 saturated heterocycles. The molecule has 1 aromatic rings. The third kappa shape index (κ3) is 6.98. The average molecular weight is 276 g/mol. The van der Waals surface area contributed by atoms with Gasteiger partial charge in [-0.1, -0.05) is 78.4 Å². The summed E-state index contributed by atoms with van der Waals surface area (Å²) in [6.45, 7) is 9.83. The number of hydrogen-bond donors (Lipinski definition) is 0. The fourth-order valence-electron chi connectivity index (χ4n) is 2.30. The molecule has 1 nitrogen and oxygen atoms in total. The maximum Gasteiger partial charge on any atom is 0.119 e.